The Morgan fingerprint density at radius 1 is 1.50 bits per heavy atom. The van der Waals surface area contributed by atoms with Gasteiger partial charge < -0.3 is 20.7 Å². The number of carbonyl (C=O) groups is 2. The number of carbonyl (C=O) groups excluding carboxylic acids is 2. The van der Waals surface area contributed by atoms with E-state index in [4.69, 9.17) is 22.1 Å². The van der Waals surface area contributed by atoms with Crippen LogP contribution in [0.25, 0.3) is 0 Å². The number of likely N-dealkylation sites (N-methyl/N-ethyl adjacent to an activating group) is 1. The Balaban J connectivity index is 2.27. The highest BCUT2D eigenvalue weighted by molar-refractivity contribution is 6.34. The van der Waals surface area contributed by atoms with Crippen molar-refractivity contribution in [3.63, 3.8) is 0 Å². The first-order chi connectivity index (χ1) is 9.54. The summed E-state index contributed by atoms with van der Waals surface area (Å²) in [6.45, 7) is 0.918. The number of morpholine rings is 1. The van der Waals surface area contributed by atoms with Crippen LogP contribution in [0.1, 0.15) is 10.4 Å². The number of hydrogen-bond donors (Lipinski definition) is 2. The van der Waals surface area contributed by atoms with Crippen LogP contribution in [0.4, 0.5) is 5.69 Å². The number of amides is 2. The summed E-state index contributed by atoms with van der Waals surface area (Å²) in [4.78, 5) is 25.8. The summed E-state index contributed by atoms with van der Waals surface area (Å²) in [6.07, 6.45) is 0. The molecule has 0 radical (unpaired) electrons. The molecule has 1 heterocycles. The second-order valence-electron chi connectivity index (χ2n) is 4.44. The van der Waals surface area contributed by atoms with Crippen molar-refractivity contribution in [2.75, 3.05) is 32.5 Å². The molecule has 0 aliphatic carbocycles. The number of hydrogen-bond acceptors (Lipinski definition) is 4. The first kappa shape index (κ1) is 14.6. The van der Waals surface area contributed by atoms with Gasteiger partial charge in [-0.05, 0) is 18.2 Å². The molecule has 0 aromatic heterocycles. The molecular formula is C13H16ClN3O3. The summed E-state index contributed by atoms with van der Waals surface area (Å²) >= 11 is 6.05. The lowest BCUT2D eigenvalue weighted by molar-refractivity contribution is -0.130. The Morgan fingerprint density at radius 2 is 2.25 bits per heavy atom. The average Bonchev–Trinajstić information content (AvgIpc) is 2.46. The average molecular weight is 298 g/mol. The van der Waals surface area contributed by atoms with Crippen molar-refractivity contribution >= 4 is 29.1 Å². The molecule has 1 aromatic rings. The summed E-state index contributed by atoms with van der Waals surface area (Å²) in [6, 6.07) is 4.05. The normalized spacial score (nSPS) is 18.7. The van der Waals surface area contributed by atoms with Gasteiger partial charge in [0.1, 0.15) is 6.04 Å². The summed E-state index contributed by atoms with van der Waals surface area (Å²) in [5, 5.41) is 2.80. The molecule has 0 spiro atoms. The van der Waals surface area contributed by atoms with E-state index in [0.29, 0.717) is 24.4 Å². The number of anilines is 1. The standard InChI is InChI=1S/C13H16ClN3O3/c1-16-12(18)11-7-20-5-4-17(11)13(19)9-3-2-8(15)6-10(9)14/h2-3,6,11H,4-5,7,15H2,1H3,(H,16,18). The van der Waals surface area contributed by atoms with Crippen molar-refractivity contribution in [3.05, 3.63) is 28.8 Å². The van der Waals surface area contributed by atoms with Gasteiger partial charge in [0, 0.05) is 19.3 Å². The van der Waals surface area contributed by atoms with Crippen molar-refractivity contribution < 1.29 is 14.3 Å². The van der Waals surface area contributed by atoms with Crippen LogP contribution in [0.3, 0.4) is 0 Å². The number of halogens is 1. The number of nitrogens with two attached hydrogens (primary N) is 1. The topological polar surface area (TPSA) is 84.7 Å². The van der Waals surface area contributed by atoms with Crippen molar-refractivity contribution in [2.24, 2.45) is 0 Å². The number of benzene rings is 1. The van der Waals surface area contributed by atoms with E-state index in [1.54, 1.807) is 12.1 Å². The fourth-order valence-corrected chi connectivity index (χ4v) is 2.36. The van der Waals surface area contributed by atoms with Crippen LogP contribution >= 0.6 is 11.6 Å². The molecule has 6 nitrogen and oxygen atoms in total. The first-order valence-electron chi connectivity index (χ1n) is 6.20. The van der Waals surface area contributed by atoms with Crippen molar-refractivity contribution in [1.29, 1.82) is 0 Å². The zero-order chi connectivity index (χ0) is 14.7. The fourth-order valence-electron chi connectivity index (χ4n) is 2.09. The molecule has 2 rings (SSSR count). The molecule has 1 atom stereocenters. The third-order valence-corrected chi connectivity index (χ3v) is 3.47. The van der Waals surface area contributed by atoms with Crippen molar-refractivity contribution in [1.82, 2.24) is 10.2 Å². The van der Waals surface area contributed by atoms with Gasteiger partial charge in [0.25, 0.3) is 5.91 Å². The number of nitrogens with one attached hydrogen (secondary N) is 1. The van der Waals surface area contributed by atoms with E-state index >= 15 is 0 Å². The Kier molecular flexibility index (Phi) is 4.46. The van der Waals surface area contributed by atoms with E-state index in [-0.39, 0.29) is 23.4 Å². The molecule has 1 unspecified atom stereocenters. The molecule has 1 aliphatic heterocycles. The van der Waals surface area contributed by atoms with Gasteiger partial charge in [-0.3, -0.25) is 9.59 Å². The molecule has 2 amide bonds. The van der Waals surface area contributed by atoms with Crippen molar-refractivity contribution in [2.45, 2.75) is 6.04 Å². The Hall–Kier alpha value is -1.79. The highest BCUT2D eigenvalue weighted by atomic mass is 35.5. The van der Waals surface area contributed by atoms with Crippen LogP contribution in [-0.4, -0.2) is 49.6 Å². The maximum atomic E-state index is 12.5. The van der Waals surface area contributed by atoms with E-state index in [0.717, 1.165) is 0 Å². The zero-order valence-corrected chi connectivity index (χ0v) is 11.8. The van der Waals surface area contributed by atoms with Gasteiger partial charge in [0.2, 0.25) is 5.91 Å². The Labute approximate surface area is 121 Å². The summed E-state index contributed by atoms with van der Waals surface area (Å²) in [5.41, 5.74) is 6.42. The predicted molar refractivity (Wildman–Crippen MR) is 75.6 cm³/mol. The molecule has 20 heavy (non-hydrogen) atoms. The summed E-state index contributed by atoms with van der Waals surface area (Å²) < 4.78 is 5.26. The van der Waals surface area contributed by atoms with Gasteiger partial charge in [-0.1, -0.05) is 11.6 Å². The van der Waals surface area contributed by atoms with Crippen LogP contribution in [0, 0.1) is 0 Å². The summed E-state index contributed by atoms with van der Waals surface area (Å²) in [7, 11) is 1.52. The van der Waals surface area contributed by atoms with Gasteiger partial charge in [-0.15, -0.1) is 0 Å². The van der Waals surface area contributed by atoms with Gasteiger partial charge in [0.05, 0.1) is 23.8 Å². The van der Waals surface area contributed by atoms with Crippen LogP contribution < -0.4 is 11.1 Å². The third-order valence-electron chi connectivity index (χ3n) is 3.16. The fraction of sp³-hybridized carbons (Fsp3) is 0.385. The molecule has 108 valence electrons. The molecule has 7 heteroatoms. The van der Waals surface area contributed by atoms with E-state index in [1.807, 2.05) is 0 Å². The second-order valence-corrected chi connectivity index (χ2v) is 4.85. The van der Waals surface area contributed by atoms with Crippen LogP contribution in [0.15, 0.2) is 18.2 Å². The monoisotopic (exact) mass is 297 g/mol. The zero-order valence-electron chi connectivity index (χ0n) is 11.1. The number of ether oxygens (including phenoxy) is 1. The Bertz CT molecular complexity index is 536. The van der Waals surface area contributed by atoms with Gasteiger partial charge in [-0.25, -0.2) is 0 Å². The van der Waals surface area contributed by atoms with E-state index in [1.165, 1.54) is 18.0 Å². The highest BCUT2D eigenvalue weighted by Gasteiger charge is 2.33. The van der Waals surface area contributed by atoms with Crippen LogP contribution in [0.5, 0.6) is 0 Å². The third kappa shape index (κ3) is 2.86. The molecule has 1 aromatic carbocycles. The minimum atomic E-state index is -0.644. The largest absolute Gasteiger partial charge is 0.399 e. The molecule has 3 N–H and O–H groups in total. The maximum absolute atomic E-state index is 12.5. The molecule has 0 bridgehead atoms. The maximum Gasteiger partial charge on any atom is 0.256 e. The van der Waals surface area contributed by atoms with Crippen molar-refractivity contribution in [3.8, 4) is 0 Å². The minimum Gasteiger partial charge on any atom is -0.399 e. The van der Waals surface area contributed by atoms with Gasteiger partial charge in [-0.2, -0.15) is 0 Å². The Morgan fingerprint density at radius 3 is 2.90 bits per heavy atom. The number of nitrogens with zero attached hydrogens (tertiary/aromatic N) is 1. The highest BCUT2D eigenvalue weighted by Crippen LogP contribution is 2.22. The summed E-state index contributed by atoms with van der Waals surface area (Å²) in [5.74, 6) is -0.559. The SMILES string of the molecule is CNC(=O)C1COCCN1C(=O)c1ccc(N)cc1Cl. The number of nitrogen functional groups attached to an aromatic ring is 1. The first-order valence-corrected chi connectivity index (χ1v) is 6.57. The molecule has 1 saturated heterocycles. The molecule has 1 aliphatic rings. The van der Waals surface area contributed by atoms with Gasteiger partial charge >= 0.3 is 0 Å². The number of rotatable bonds is 2. The molecule has 0 saturated carbocycles. The van der Waals surface area contributed by atoms with E-state index < -0.39 is 6.04 Å². The molecular weight excluding hydrogens is 282 g/mol. The van der Waals surface area contributed by atoms with E-state index in [9.17, 15) is 9.59 Å². The lowest BCUT2D eigenvalue weighted by Gasteiger charge is -2.34. The van der Waals surface area contributed by atoms with E-state index in [2.05, 4.69) is 5.32 Å². The quantitative estimate of drug-likeness (QED) is 0.779. The second kappa shape index (κ2) is 6.11. The smallest absolute Gasteiger partial charge is 0.256 e. The predicted octanol–water partition coefficient (Wildman–Crippen LogP) is 0.509. The molecule has 1 fully saturated rings. The van der Waals surface area contributed by atoms with Gasteiger partial charge in [0.15, 0.2) is 0 Å². The lowest BCUT2D eigenvalue weighted by atomic mass is 10.1. The lowest BCUT2D eigenvalue weighted by Crippen LogP contribution is -2.55. The van der Waals surface area contributed by atoms with Crippen LogP contribution in [0.2, 0.25) is 5.02 Å². The minimum absolute atomic E-state index is 0.179. The van der Waals surface area contributed by atoms with Crippen LogP contribution in [-0.2, 0) is 9.53 Å².